The Morgan fingerprint density at radius 2 is 1.91 bits per heavy atom. The van der Waals surface area contributed by atoms with Crippen molar-refractivity contribution in [2.24, 2.45) is 0 Å². The lowest BCUT2D eigenvalue weighted by Crippen LogP contribution is -2.46. The molecule has 0 aromatic rings. The summed E-state index contributed by atoms with van der Waals surface area (Å²) in [5.41, 5.74) is -0.845. The molecule has 0 aromatic heterocycles. The van der Waals surface area contributed by atoms with Crippen LogP contribution in [0.2, 0.25) is 0 Å². The van der Waals surface area contributed by atoms with Crippen molar-refractivity contribution in [1.29, 1.82) is 0 Å². The molecule has 0 saturated carbocycles. The molecule has 11 heavy (non-hydrogen) atoms. The Balaban J connectivity index is 4.42. The second-order valence-corrected chi connectivity index (χ2v) is 4.20. The van der Waals surface area contributed by atoms with E-state index in [2.05, 4.69) is 15.4 Å². The zero-order chi connectivity index (χ0) is 9.12. The predicted octanol–water partition coefficient (Wildman–Crippen LogP) is -0.548. The van der Waals surface area contributed by atoms with E-state index in [-0.39, 0.29) is 0 Å². The van der Waals surface area contributed by atoms with Crippen LogP contribution in [0.1, 0.15) is 13.8 Å². The summed E-state index contributed by atoms with van der Waals surface area (Å²) in [7, 11) is -2.12. The quantitative estimate of drug-likeness (QED) is 0.567. The molecule has 0 heterocycles. The van der Waals surface area contributed by atoms with Gasteiger partial charge in [0, 0.05) is 7.05 Å². The molecule has 0 aromatic carbocycles. The maximum Gasteiger partial charge on any atom is 0.277 e. The van der Waals surface area contributed by atoms with E-state index in [0.717, 1.165) is 0 Å². The molecule has 0 radical (unpaired) electrons. The van der Waals surface area contributed by atoms with Crippen molar-refractivity contribution in [3.63, 3.8) is 0 Å². The lowest BCUT2D eigenvalue weighted by molar-refractivity contribution is 0.532. The average molecular weight is 176 g/mol. The van der Waals surface area contributed by atoms with Crippen molar-refractivity contribution >= 4 is 10.2 Å². The van der Waals surface area contributed by atoms with Gasteiger partial charge in [-0.3, -0.25) is 0 Å². The van der Waals surface area contributed by atoms with Gasteiger partial charge < -0.3 is 0 Å². The molecule has 0 bridgehead atoms. The van der Waals surface area contributed by atoms with E-state index in [4.69, 9.17) is 6.42 Å². The Kier molecular flexibility index (Phi) is 3.05. The molecule has 4 nitrogen and oxygen atoms in total. The highest BCUT2D eigenvalue weighted by molar-refractivity contribution is 7.87. The van der Waals surface area contributed by atoms with E-state index in [1.807, 2.05) is 0 Å². The zero-order valence-corrected chi connectivity index (χ0v) is 7.62. The Hall–Kier alpha value is -0.570. The van der Waals surface area contributed by atoms with Crippen LogP contribution in [0.15, 0.2) is 0 Å². The van der Waals surface area contributed by atoms with Gasteiger partial charge in [0.15, 0.2) is 0 Å². The topological polar surface area (TPSA) is 58.2 Å². The molecule has 0 unspecified atom stereocenters. The first-order valence-electron chi connectivity index (χ1n) is 3.03. The summed E-state index contributed by atoms with van der Waals surface area (Å²) < 4.78 is 26.1. The third-order valence-corrected chi connectivity index (χ3v) is 2.34. The first kappa shape index (κ1) is 10.4. The molecule has 0 fully saturated rings. The van der Waals surface area contributed by atoms with E-state index in [1.165, 1.54) is 7.05 Å². The van der Waals surface area contributed by atoms with Gasteiger partial charge in [-0.05, 0) is 13.8 Å². The van der Waals surface area contributed by atoms with Gasteiger partial charge in [0.1, 0.15) is 0 Å². The summed E-state index contributed by atoms with van der Waals surface area (Å²) in [5, 5.41) is 0. The largest absolute Gasteiger partial charge is 0.277 e. The number of hydrogen-bond acceptors (Lipinski definition) is 2. The third kappa shape index (κ3) is 3.98. The minimum absolute atomic E-state index is 0.845. The lowest BCUT2D eigenvalue weighted by Gasteiger charge is -2.18. The molecule has 0 atom stereocenters. The minimum atomic E-state index is -3.43. The highest BCUT2D eigenvalue weighted by Gasteiger charge is 2.20. The second-order valence-electron chi connectivity index (χ2n) is 2.58. The van der Waals surface area contributed by atoms with Gasteiger partial charge in [-0.1, -0.05) is 5.92 Å². The molecule has 5 heteroatoms. The normalized spacial score (nSPS) is 12.5. The summed E-state index contributed by atoms with van der Waals surface area (Å²) in [6, 6.07) is 0. The first-order valence-corrected chi connectivity index (χ1v) is 4.51. The van der Waals surface area contributed by atoms with Crippen molar-refractivity contribution in [1.82, 2.24) is 9.44 Å². The van der Waals surface area contributed by atoms with Crippen LogP contribution in [0.5, 0.6) is 0 Å². The molecule has 0 aliphatic rings. The minimum Gasteiger partial charge on any atom is -0.205 e. The molecular formula is C6H12N2O2S. The van der Waals surface area contributed by atoms with Crippen molar-refractivity contribution in [2.45, 2.75) is 19.4 Å². The first-order chi connectivity index (χ1) is 4.83. The highest BCUT2D eigenvalue weighted by atomic mass is 32.2. The molecule has 0 aliphatic heterocycles. The van der Waals surface area contributed by atoms with Gasteiger partial charge in [0.25, 0.3) is 10.2 Å². The third-order valence-electron chi connectivity index (χ3n) is 1.02. The van der Waals surface area contributed by atoms with E-state index < -0.39 is 15.7 Å². The van der Waals surface area contributed by atoms with Crippen LogP contribution >= 0.6 is 0 Å². The van der Waals surface area contributed by atoms with Crippen molar-refractivity contribution in [3.8, 4) is 12.3 Å². The van der Waals surface area contributed by atoms with Gasteiger partial charge in [0.2, 0.25) is 0 Å². The summed E-state index contributed by atoms with van der Waals surface area (Å²) in [6.07, 6.45) is 5.06. The monoisotopic (exact) mass is 176 g/mol. The fourth-order valence-electron chi connectivity index (χ4n) is 0.416. The number of nitrogens with one attached hydrogen (secondary N) is 2. The molecule has 0 spiro atoms. The molecule has 0 rings (SSSR count). The lowest BCUT2D eigenvalue weighted by atomic mass is 10.1. The van der Waals surface area contributed by atoms with Crippen LogP contribution in [0.25, 0.3) is 0 Å². The van der Waals surface area contributed by atoms with Gasteiger partial charge in [0.05, 0.1) is 5.54 Å². The number of rotatable bonds is 3. The van der Waals surface area contributed by atoms with E-state index in [0.29, 0.717) is 0 Å². The zero-order valence-electron chi connectivity index (χ0n) is 6.80. The number of terminal acetylenes is 1. The fraction of sp³-hybridized carbons (Fsp3) is 0.667. The van der Waals surface area contributed by atoms with Crippen molar-refractivity contribution < 1.29 is 8.42 Å². The van der Waals surface area contributed by atoms with Gasteiger partial charge >= 0.3 is 0 Å². The summed E-state index contributed by atoms with van der Waals surface area (Å²) in [5.74, 6) is 2.30. The summed E-state index contributed by atoms with van der Waals surface area (Å²) in [4.78, 5) is 0. The van der Waals surface area contributed by atoms with Crippen LogP contribution in [-0.2, 0) is 10.2 Å². The number of hydrogen-bond donors (Lipinski definition) is 2. The molecule has 0 saturated heterocycles. The Morgan fingerprint density at radius 1 is 1.45 bits per heavy atom. The van der Waals surface area contributed by atoms with Gasteiger partial charge in [-0.2, -0.15) is 13.1 Å². The van der Waals surface area contributed by atoms with Gasteiger partial charge in [-0.15, -0.1) is 6.42 Å². The Bertz CT molecular complexity index is 261. The van der Waals surface area contributed by atoms with Crippen LogP contribution in [0.4, 0.5) is 0 Å². The summed E-state index contributed by atoms with van der Waals surface area (Å²) in [6.45, 7) is 3.20. The fourth-order valence-corrected chi connectivity index (χ4v) is 1.25. The second kappa shape index (κ2) is 3.22. The highest BCUT2D eigenvalue weighted by Crippen LogP contribution is 1.99. The predicted molar refractivity (Wildman–Crippen MR) is 44.0 cm³/mol. The molecule has 0 aliphatic carbocycles. The molecule has 0 amide bonds. The Morgan fingerprint density at radius 3 is 2.18 bits per heavy atom. The van der Waals surface area contributed by atoms with Gasteiger partial charge in [-0.25, -0.2) is 4.72 Å². The smallest absolute Gasteiger partial charge is 0.205 e. The van der Waals surface area contributed by atoms with Crippen LogP contribution in [-0.4, -0.2) is 21.0 Å². The standard InChI is InChI=1S/C6H12N2O2S/c1-5-6(2,3)8-11(9,10)7-4/h1,7-8H,2-4H3. The van der Waals surface area contributed by atoms with Crippen LogP contribution in [0, 0.1) is 12.3 Å². The Labute approximate surface area is 67.6 Å². The van der Waals surface area contributed by atoms with E-state index in [1.54, 1.807) is 13.8 Å². The van der Waals surface area contributed by atoms with Crippen LogP contribution in [0.3, 0.4) is 0 Å². The van der Waals surface area contributed by atoms with Crippen molar-refractivity contribution in [2.75, 3.05) is 7.05 Å². The molecular weight excluding hydrogens is 164 g/mol. The molecule has 64 valence electrons. The van der Waals surface area contributed by atoms with Crippen molar-refractivity contribution in [3.05, 3.63) is 0 Å². The van der Waals surface area contributed by atoms with E-state index >= 15 is 0 Å². The molecule has 2 N–H and O–H groups in total. The maximum atomic E-state index is 10.9. The average Bonchev–Trinajstić information content (AvgIpc) is 1.86. The van der Waals surface area contributed by atoms with Crippen LogP contribution < -0.4 is 9.44 Å². The SMILES string of the molecule is C#CC(C)(C)NS(=O)(=O)NC. The summed E-state index contributed by atoms with van der Waals surface area (Å²) >= 11 is 0. The van der Waals surface area contributed by atoms with E-state index in [9.17, 15) is 8.42 Å². The maximum absolute atomic E-state index is 10.9.